The third kappa shape index (κ3) is 2.33. The zero-order chi connectivity index (χ0) is 16.0. The van der Waals surface area contributed by atoms with Crippen molar-refractivity contribution in [2.45, 2.75) is 44.2 Å². The van der Waals surface area contributed by atoms with Gasteiger partial charge in [0.15, 0.2) is 11.5 Å². The number of hydrogen-bond acceptors (Lipinski definition) is 4. The number of carbonyl (C=O) groups is 2. The lowest BCUT2D eigenvalue weighted by molar-refractivity contribution is -0.141. The summed E-state index contributed by atoms with van der Waals surface area (Å²) in [6, 6.07) is 4.37. The van der Waals surface area contributed by atoms with Crippen molar-refractivity contribution < 1.29 is 24.2 Å². The number of carboxylic acid groups (broad SMARTS) is 1. The Hall–Kier alpha value is -2.24. The summed E-state index contributed by atoms with van der Waals surface area (Å²) in [6.07, 6.45) is 4.65. The maximum absolute atomic E-state index is 13.0. The standard InChI is InChI=1S/C17H19NO5/c19-16(11-5-6-14-15(8-11)23-9-22-14)18-12-4-2-1-3-10(12)7-13(18)17(20)21/h5-6,8,10,12-13H,1-4,7,9H2,(H,20,21). The molecule has 6 heteroatoms. The number of nitrogens with zero attached hydrogens (tertiary/aromatic N) is 1. The molecule has 1 aromatic rings. The molecule has 122 valence electrons. The molecule has 1 saturated heterocycles. The average Bonchev–Trinajstić information content (AvgIpc) is 3.17. The maximum Gasteiger partial charge on any atom is 0.326 e. The molecule has 6 nitrogen and oxygen atoms in total. The summed E-state index contributed by atoms with van der Waals surface area (Å²) in [5, 5.41) is 9.54. The summed E-state index contributed by atoms with van der Waals surface area (Å²) in [6.45, 7) is 0.152. The number of benzene rings is 1. The van der Waals surface area contributed by atoms with Gasteiger partial charge >= 0.3 is 5.97 Å². The van der Waals surface area contributed by atoms with Crippen LogP contribution in [0.25, 0.3) is 0 Å². The summed E-state index contributed by atoms with van der Waals surface area (Å²) in [4.78, 5) is 26.2. The Morgan fingerprint density at radius 3 is 2.74 bits per heavy atom. The van der Waals surface area contributed by atoms with E-state index >= 15 is 0 Å². The first-order valence-corrected chi connectivity index (χ1v) is 8.10. The molecular formula is C17H19NO5. The van der Waals surface area contributed by atoms with Crippen molar-refractivity contribution in [2.75, 3.05) is 6.79 Å². The maximum atomic E-state index is 13.0. The van der Waals surface area contributed by atoms with Crippen LogP contribution in [0.3, 0.4) is 0 Å². The number of aliphatic carboxylic acids is 1. The van der Waals surface area contributed by atoms with Crippen LogP contribution in [0.15, 0.2) is 18.2 Å². The lowest BCUT2D eigenvalue weighted by Crippen LogP contribution is -2.46. The smallest absolute Gasteiger partial charge is 0.326 e. The molecule has 1 aliphatic carbocycles. The molecule has 0 radical (unpaired) electrons. The van der Waals surface area contributed by atoms with Gasteiger partial charge in [-0.3, -0.25) is 4.79 Å². The molecule has 2 fully saturated rings. The van der Waals surface area contributed by atoms with Gasteiger partial charge in [0, 0.05) is 11.6 Å². The molecule has 1 aromatic carbocycles. The van der Waals surface area contributed by atoms with E-state index in [4.69, 9.17) is 9.47 Å². The van der Waals surface area contributed by atoms with Crippen LogP contribution < -0.4 is 9.47 Å². The number of rotatable bonds is 2. The topological polar surface area (TPSA) is 76.1 Å². The van der Waals surface area contributed by atoms with Crippen molar-refractivity contribution in [1.29, 1.82) is 0 Å². The van der Waals surface area contributed by atoms with Gasteiger partial charge in [-0.1, -0.05) is 12.8 Å². The normalized spacial score (nSPS) is 28.5. The molecule has 1 amide bonds. The third-order valence-corrected chi connectivity index (χ3v) is 5.23. The highest BCUT2D eigenvalue weighted by molar-refractivity contribution is 5.98. The Balaban J connectivity index is 1.66. The van der Waals surface area contributed by atoms with Crippen LogP contribution in [0.4, 0.5) is 0 Å². The highest BCUT2D eigenvalue weighted by Crippen LogP contribution is 2.41. The number of ether oxygens (including phenoxy) is 2. The molecular weight excluding hydrogens is 298 g/mol. The van der Waals surface area contributed by atoms with E-state index in [1.54, 1.807) is 23.1 Å². The number of fused-ring (bicyclic) bond motifs is 2. The van der Waals surface area contributed by atoms with Crippen LogP contribution in [-0.4, -0.2) is 40.8 Å². The monoisotopic (exact) mass is 317 g/mol. The summed E-state index contributed by atoms with van der Waals surface area (Å²) in [5.41, 5.74) is 0.465. The van der Waals surface area contributed by atoms with Crippen LogP contribution in [0.5, 0.6) is 11.5 Å². The van der Waals surface area contributed by atoms with Gasteiger partial charge in [0.2, 0.25) is 6.79 Å². The van der Waals surface area contributed by atoms with Crippen LogP contribution in [0, 0.1) is 5.92 Å². The molecule has 4 rings (SSSR count). The fourth-order valence-corrected chi connectivity index (χ4v) is 4.15. The lowest BCUT2D eigenvalue weighted by Gasteiger charge is -2.33. The van der Waals surface area contributed by atoms with Gasteiger partial charge in [0.05, 0.1) is 0 Å². The molecule has 2 heterocycles. The van der Waals surface area contributed by atoms with Crippen molar-refractivity contribution in [2.24, 2.45) is 5.92 Å². The van der Waals surface area contributed by atoms with E-state index in [2.05, 4.69) is 0 Å². The minimum atomic E-state index is -0.909. The van der Waals surface area contributed by atoms with Crippen molar-refractivity contribution in [3.8, 4) is 11.5 Å². The molecule has 3 unspecified atom stereocenters. The molecule has 3 atom stereocenters. The van der Waals surface area contributed by atoms with E-state index in [0.29, 0.717) is 29.4 Å². The van der Waals surface area contributed by atoms with Crippen molar-refractivity contribution >= 4 is 11.9 Å². The molecule has 2 aliphatic heterocycles. The van der Waals surface area contributed by atoms with Gasteiger partial charge in [-0.15, -0.1) is 0 Å². The van der Waals surface area contributed by atoms with E-state index in [9.17, 15) is 14.7 Å². The third-order valence-electron chi connectivity index (χ3n) is 5.23. The summed E-state index contributed by atoms with van der Waals surface area (Å²) < 4.78 is 10.6. The van der Waals surface area contributed by atoms with Gasteiger partial charge in [-0.05, 0) is 43.4 Å². The van der Waals surface area contributed by atoms with E-state index in [0.717, 1.165) is 25.7 Å². The van der Waals surface area contributed by atoms with Gasteiger partial charge in [0.1, 0.15) is 6.04 Å². The minimum absolute atomic E-state index is 0.0442. The van der Waals surface area contributed by atoms with E-state index in [1.165, 1.54) is 0 Å². The predicted octanol–water partition coefficient (Wildman–Crippen LogP) is 2.27. The van der Waals surface area contributed by atoms with Crippen LogP contribution in [0.2, 0.25) is 0 Å². The summed E-state index contributed by atoms with van der Waals surface area (Å²) in [5.74, 6) is 0.344. The quantitative estimate of drug-likeness (QED) is 0.905. The zero-order valence-corrected chi connectivity index (χ0v) is 12.7. The first-order chi connectivity index (χ1) is 11.1. The van der Waals surface area contributed by atoms with Crippen LogP contribution in [0.1, 0.15) is 42.5 Å². The number of carbonyl (C=O) groups excluding carboxylic acids is 1. The van der Waals surface area contributed by atoms with Gasteiger partial charge in [-0.25, -0.2) is 4.79 Å². The molecule has 0 spiro atoms. The zero-order valence-electron chi connectivity index (χ0n) is 12.7. The molecule has 0 aromatic heterocycles. The Morgan fingerprint density at radius 1 is 1.13 bits per heavy atom. The molecule has 3 aliphatic rings. The largest absolute Gasteiger partial charge is 0.480 e. The first kappa shape index (κ1) is 14.4. The number of carboxylic acids is 1. The summed E-state index contributed by atoms with van der Waals surface area (Å²) >= 11 is 0. The van der Waals surface area contributed by atoms with Crippen molar-refractivity contribution in [3.05, 3.63) is 23.8 Å². The van der Waals surface area contributed by atoms with Gasteiger partial charge in [-0.2, -0.15) is 0 Å². The van der Waals surface area contributed by atoms with Crippen molar-refractivity contribution in [1.82, 2.24) is 4.90 Å². The van der Waals surface area contributed by atoms with E-state index in [-0.39, 0.29) is 18.7 Å². The number of amides is 1. The van der Waals surface area contributed by atoms with Crippen molar-refractivity contribution in [3.63, 3.8) is 0 Å². The second-order valence-electron chi connectivity index (χ2n) is 6.48. The Kier molecular flexibility index (Phi) is 3.39. The van der Waals surface area contributed by atoms with Crippen LogP contribution >= 0.6 is 0 Å². The number of likely N-dealkylation sites (tertiary alicyclic amines) is 1. The lowest BCUT2D eigenvalue weighted by atomic mass is 9.84. The second-order valence-corrected chi connectivity index (χ2v) is 6.48. The predicted molar refractivity (Wildman–Crippen MR) is 80.5 cm³/mol. The summed E-state index contributed by atoms with van der Waals surface area (Å²) in [7, 11) is 0. The number of hydrogen-bond donors (Lipinski definition) is 1. The van der Waals surface area contributed by atoms with Gasteiger partial charge < -0.3 is 19.5 Å². The first-order valence-electron chi connectivity index (χ1n) is 8.10. The minimum Gasteiger partial charge on any atom is -0.480 e. The second kappa shape index (κ2) is 5.44. The van der Waals surface area contributed by atoms with E-state index < -0.39 is 12.0 Å². The molecule has 1 N–H and O–H groups in total. The highest BCUT2D eigenvalue weighted by atomic mass is 16.7. The Labute approximate surface area is 134 Å². The highest BCUT2D eigenvalue weighted by Gasteiger charge is 2.47. The Bertz CT molecular complexity index is 658. The van der Waals surface area contributed by atoms with E-state index in [1.807, 2.05) is 0 Å². The van der Waals surface area contributed by atoms with Gasteiger partial charge in [0.25, 0.3) is 5.91 Å². The fraction of sp³-hybridized carbons (Fsp3) is 0.529. The molecule has 23 heavy (non-hydrogen) atoms. The average molecular weight is 317 g/mol. The Morgan fingerprint density at radius 2 is 1.91 bits per heavy atom. The SMILES string of the molecule is O=C(O)C1CC2CCCCC2N1C(=O)c1ccc2c(c1)OCO2. The molecule has 0 bridgehead atoms. The fourth-order valence-electron chi connectivity index (χ4n) is 4.15. The van der Waals surface area contributed by atoms with Crippen LogP contribution in [-0.2, 0) is 4.79 Å². The molecule has 1 saturated carbocycles.